The summed E-state index contributed by atoms with van der Waals surface area (Å²) in [6.07, 6.45) is -4.75. The molecule has 116 valence electrons. The average Bonchev–Trinajstić information content (AvgIpc) is 2.43. The van der Waals surface area contributed by atoms with Crippen LogP contribution in [-0.4, -0.2) is 12.3 Å². The van der Waals surface area contributed by atoms with Crippen LogP contribution in [0.4, 0.5) is 18.9 Å². The number of nitrogens with one attached hydrogen (secondary N) is 1. The highest BCUT2D eigenvalue weighted by Gasteiger charge is 2.31. The Morgan fingerprint density at radius 3 is 2.27 bits per heavy atom. The van der Waals surface area contributed by atoms with Crippen molar-refractivity contribution in [1.82, 2.24) is 0 Å². The lowest BCUT2D eigenvalue weighted by Gasteiger charge is -2.11. The maximum absolute atomic E-state index is 12.1. The number of aryl methyl sites for hydroxylation is 1. The van der Waals surface area contributed by atoms with E-state index < -0.39 is 12.3 Å². The van der Waals surface area contributed by atoms with E-state index in [-0.39, 0.29) is 11.3 Å². The first-order valence-corrected chi connectivity index (χ1v) is 6.49. The monoisotopic (exact) mass is 309 g/mol. The molecule has 0 aromatic heterocycles. The van der Waals surface area contributed by atoms with Crippen LogP contribution in [-0.2, 0) is 0 Å². The maximum atomic E-state index is 12.1. The molecule has 2 aromatic carbocycles. The molecule has 0 aliphatic heterocycles. The van der Waals surface area contributed by atoms with Crippen LogP contribution in [0.2, 0.25) is 0 Å². The molecule has 0 bridgehead atoms. The Bertz CT molecular complexity index is 679. The molecule has 0 radical (unpaired) electrons. The minimum atomic E-state index is -4.75. The third kappa shape index (κ3) is 4.00. The number of carbonyl (C=O) groups is 1. The maximum Gasteiger partial charge on any atom is 0.573 e. The molecule has 0 aliphatic carbocycles. The lowest BCUT2D eigenvalue weighted by atomic mass is 10.1. The van der Waals surface area contributed by atoms with Gasteiger partial charge in [-0.15, -0.1) is 13.2 Å². The van der Waals surface area contributed by atoms with Crippen molar-refractivity contribution in [3.05, 3.63) is 59.2 Å². The fourth-order valence-electron chi connectivity index (χ4n) is 1.89. The zero-order chi connectivity index (χ0) is 16.3. The first kappa shape index (κ1) is 15.9. The molecular formula is C16H14F3NO2. The van der Waals surface area contributed by atoms with E-state index in [2.05, 4.69) is 10.1 Å². The van der Waals surface area contributed by atoms with Crippen LogP contribution in [0.3, 0.4) is 0 Å². The molecule has 2 aromatic rings. The molecule has 3 nitrogen and oxygen atoms in total. The minimum absolute atomic E-state index is 0.246. The van der Waals surface area contributed by atoms with Crippen molar-refractivity contribution in [2.75, 3.05) is 5.32 Å². The highest BCUT2D eigenvalue weighted by atomic mass is 19.4. The second kappa shape index (κ2) is 6.09. The van der Waals surface area contributed by atoms with Gasteiger partial charge in [0.25, 0.3) is 5.91 Å². The van der Waals surface area contributed by atoms with Crippen molar-refractivity contribution >= 4 is 11.6 Å². The Hall–Kier alpha value is -2.50. The van der Waals surface area contributed by atoms with Crippen molar-refractivity contribution in [1.29, 1.82) is 0 Å². The summed E-state index contributed by atoms with van der Waals surface area (Å²) < 4.78 is 40.0. The van der Waals surface area contributed by atoms with Crippen LogP contribution in [0.15, 0.2) is 42.5 Å². The van der Waals surface area contributed by atoms with Gasteiger partial charge in [-0.2, -0.15) is 0 Å². The van der Waals surface area contributed by atoms with Gasteiger partial charge in [0.15, 0.2) is 0 Å². The standard InChI is InChI=1S/C16H14F3NO2/c1-10-4-3-5-14(11(10)2)20-15(21)12-6-8-13(9-7-12)22-16(17,18)19/h3-9H,1-2H3,(H,20,21). The molecule has 6 heteroatoms. The fraction of sp³-hybridized carbons (Fsp3) is 0.188. The number of hydrogen-bond acceptors (Lipinski definition) is 2. The van der Waals surface area contributed by atoms with Crippen molar-refractivity contribution in [3.8, 4) is 5.75 Å². The van der Waals surface area contributed by atoms with Gasteiger partial charge in [0.2, 0.25) is 0 Å². The van der Waals surface area contributed by atoms with Gasteiger partial charge in [-0.3, -0.25) is 4.79 Å². The summed E-state index contributed by atoms with van der Waals surface area (Å²) in [7, 11) is 0. The Labute approximate surface area is 125 Å². The molecular weight excluding hydrogens is 295 g/mol. The SMILES string of the molecule is Cc1cccc(NC(=O)c2ccc(OC(F)(F)F)cc2)c1C. The average molecular weight is 309 g/mol. The van der Waals surface area contributed by atoms with Crippen LogP contribution >= 0.6 is 0 Å². The van der Waals surface area contributed by atoms with Crippen LogP contribution in [0.5, 0.6) is 5.75 Å². The molecule has 0 atom stereocenters. The number of benzene rings is 2. The number of carbonyl (C=O) groups excluding carboxylic acids is 1. The van der Waals surface area contributed by atoms with Gasteiger partial charge in [-0.25, -0.2) is 0 Å². The smallest absolute Gasteiger partial charge is 0.406 e. The first-order chi connectivity index (χ1) is 10.3. The zero-order valence-electron chi connectivity index (χ0n) is 12.0. The summed E-state index contributed by atoms with van der Waals surface area (Å²) in [6, 6.07) is 10.3. The van der Waals surface area contributed by atoms with Crippen LogP contribution in [0.1, 0.15) is 21.5 Å². The van der Waals surface area contributed by atoms with Crippen molar-refractivity contribution in [2.45, 2.75) is 20.2 Å². The fourth-order valence-corrected chi connectivity index (χ4v) is 1.89. The molecule has 0 unspecified atom stereocenters. The molecule has 0 saturated heterocycles. The van der Waals surface area contributed by atoms with Crippen LogP contribution < -0.4 is 10.1 Å². The Balaban J connectivity index is 2.12. The Morgan fingerprint density at radius 2 is 1.68 bits per heavy atom. The van der Waals surface area contributed by atoms with E-state index in [1.807, 2.05) is 26.0 Å². The summed E-state index contributed by atoms with van der Waals surface area (Å²) in [5.41, 5.74) is 2.88. The van der Waals surface area contributed by atoms with E-state index in [0.29, 0.717) is 5.69 Å². The highest BCUT2D eigenvalue weighted by molar-refractivity contribution is 6.04. The molecule has 2 rings (SSSR count). The summed E-state index contributed by atoms with van der Waals surface area (Å²) in [4.78, 5) is 12.1. The molecule has 1 N–H and O–H groups in total. The second-order valence-electron chi connectivity index (χ2n) is 4.77. The minimum Gasteiger partial charge on any atom is -0.406 e. The number of halogens is 3. The van der Waals surface area contributed by atoms with E-state index >= 15 is 0 Å². The van der Waals surface area contributed by atoms with E-state index in [4.69, 9.17) is 0 Å². The first-order valence-electron chi connectivity index (χ1n) is 6.49. The number of hydrogen-bond donors (Lipinski definition) is 1. The van der Waals surface area contributed by atoms with Gasteiger partial charge < -0.3 is 10.1 Å². The highest BCUT2D eigenvalue weighted by Crippen LogP contribution is 2.23. The van der Waals surface area contributed by atoms with E-state index in [9.17, 15) is 18.0 Å². The number of ether oxygens (including phenoxy) is 1. The molecule has 0 aliphatic rings. The summed E-state index contributed by atoms with van der Waals surface area (Å²) in [5, 5.41) is 2.73. The number of anilines is 1. The van der Waals surface area contributed by atoms with Crippen LogP contribution in [0.25, 0.3) is 0 Å². The van der Waals surface area contributed by atoms with Gasteiger partial charge in [0, 0.05) is 11.3 Å². The molecule has 0 heterocycles. The number of amides is 1. The van der Waals surface area contributed by atoms with E-state index in [1.165, 1.54) is 12.1 Å². The second-order valence-corrected chi connectivity index (χ2v) is 4.77. The summed E-state index contributed by atoms with van der Waals surface area (Å²) in [6.45, 7) is 3.81. The third-order valence-electron chi connectivity index (χ3n) is 3.20. The predicted octanol–water partition coefficient (Wildman–Crippen LogP) is 4.45. The van der Waals surface area contributed by atoms with Gasteiger partial charge in [-0.05, 0) is 55.3 Å². The summed E-state index contributed by atoms with van der Waals surface area (Å²) in [5.74, 6) is -0.761. The molecule has 0 saturated carbocycles. The van der Waals surface area contributed by atoms with Gasteiger partial charge in [0.1, 0.15) is 5.75 Å². The van der Waals surface area contributed by atoms with Crippen molar-refractivity contribution in [3.63, 3.8) is 0 Å². The van der Waals surface area contributed by atoms with E-state index in [1.54, 1.807) is 6.07 Å². The zero-order valence-corrected chi connectivity index (χ0v) is 12.0. The molecule has 0 spiro atoms. The van der Waals surface area contributed by atoms with E-state index in [0.717, 1.165) is 23.3 Å². The van der Waals surface area contributed by atoms with Gasteiger partial charge in [-0.1, -0.05) is 12.1 Å². The lowest BCUT2D eigenvalue weighted by Crippen LogP contribution is -2.17. The number of alkyl halides is 3. The predicted molar refractivity (Wildman–Crippen MR) is 77.0 cm³/mol. The largest absolute Gasteiger partial charge is 0.573 e. The lowest BCUT2D eigenvalue weighted by molar-refractivity contribution is -0.274. The topological polar surface area (TPSA) is 38.3 Å². The quantitative estimate of drug-likeness (QED) is 0.909. The molecule has 0 fully saturated rings. The number of rotatable bonds is 3. The molecule has 1 amide bonds. The van der Waals surface area contributed by atoms with Crippen LogP contribution in [0, 0.1) is 13.8 Å². The summed E-state index contributed by atoms with van der Waals surface area (Å²) >= 11 is 0. The third-order valence-corrected chi connectivity index (χ3v) is 3.20. The van der Waals surface area contributed by atoms with Gasteiger partial charge >= 0.3 is 6.36 Å². The Morgan fingerprint density at radius 1 is 1.05 bits per heavy atom. The Kier molecular flexibility index (Phi) is 4.40. The molecule has 22 heavy (non-hydrogen) atoms. The van der Waals surface area contributed by atoms with Crippen molar-refractivity contribution < 1.29 is 22.7 Å². The normalized spacial score (nSPS) is 11.1. The van der Waals surface area contributed by atoms with Gasteiger partial charge in [0.05, 0.1) is 0 Å². The van der Waals surface area contributed by atoms with Crippen molar-refractivity contribution in [2.24, 2.45) is 0 Å².